The number of carboxylic acids is 1. The maximum absolute atomic E-state index is 13.5. The van der Waals surface area contributed by atoms with E-state index in [1.54, 1.807) is 0 Å². The Morgan fingerprint density at radius 3 is 2.11 bits per heavy atom. The summed E-state index contributed by atoms with van der Waals surface area (Å²) in [5.41, 5.74) is -0.893. The molecule has 1 aromatic rings. The molecule has 0 unspecified atom stereocenters. The largest absolute Gasteiger partial charge is 0.723 e. The number of aliphatic carboxylic acids is 1. The zero-order chi connectivity index (χ0) is 19.4. The summed E-state index contributed by atoms with van der Waals surface area (Å²) >= 11 is 5.71. The Morgan fingerprint density at radius 1 is 1.22 bits per heavy atom. The second kappa shape index (κ2) is 10.6. The van der Waals surface area contributed by atoms with Crippen LogP contribution in [0.25, 0.3) is 11.0 Å². The predicted molar refractivity (Wildman–Crippen MR) is 77.7 cm³/mol. The van der Waals surface area contributed by atoms with E-state index < -0.39 is 36.3 Å². The Bertz CT molecular complexity index is 717. The van der Waals surface area contributed by atoms with Crippen LogP contribution in [-0.4, -0.2) is 35.4 Å². The third kappa shape index (κ3) is 8.29. The summed E-state index contributed by atoms with van der Waals surface area (Å²) < 4.78 is 82.5. The van der Waals surface area contributed by atoms with Crippen LogP contribution in [0.4, 0.5) is 30.7 Å². The summed E-state index contributed by atoms with van der Waals surface area (Å²) in [6.07, 6.45) is -8.79. The predicted octanol–water partition coefficient (Wildman–Crippen LogP) is 4.22. The molecule has 2 rings (SSSR count). The SMILES string of the molecule is Fc1ccc[c-]c1C1=C(Cl)C=C(C(F)(F)F)C[N-]1.O.O=C(O)C(F)(F)F.[Ir]. The van der Waals surface area contributed by atoms with Crippen molar-refractivity contribution in [1.82, 2.24) is 0 Å². The molecule has 0 aliphatic carbocycles. The van der Waals surface area contributed by atoms with Crippen LogP contribution >= 0.6 is 11.6 Å². The van der Waals surface area contributed by atoms with Gasteiger partial charge in [0.1, 0.15) is 0 Å². The smallest absolute Gasteiger partial charge is 0.490 e. The van der Waals surface area contributed by atoms with E-state index in [-0.39, 0.29) is 41.9 Å². The van der Waals surface area contributed by atoms with Crippen LogP contribution in [0.1, 0.15) is 5.56 Å². The van der Waals surface area contributed by atoms with E-state index in [0.717, 1.165) is 6.08 Å². The van der Waals surface area contributed by atoms with Crippen molar-refractivity contribution in [2.45, 2.75) is 12.4 Å². The van der Waals surface area contributed by atoms with E-state index in [1.807, 2.05) is 0 Å². The molecule has 0 aromatic heterocycles. The number of benzene rings is 1. The first-order chi connectivity index (χ1) is 11.3. The van der Waals surface area contributed by atoms with Gasteiger partial charge in [-0.15, -0.1) is 36.4 Å². The molecule has 1 heterocycles. The first-order valence-electron chi connectivity index (χ1n) is 6.15. The molecule has 0 bridgehead atoms. The van der Waals surface area contributed by atoms with Gasteiger partial charge in [0.15, 0.2) is 0 Å². The van der Waals surface area contributed by atoms with Crippen molar-refractivity contribution in [3.8, 4) is 0 Å². The molecular formula is C14H9ClF7IrNO3-2. The number of alkyl halides is 6. The summed E-state index contributed by atoms with van der Waals surface area (Å²) in [6, 6.07) is 6.60. The quantitative estimate of drug-likeness (QED) is 0.388. The minimum absolute atomic E-state index is 0. The minimum atomic E-state index is -5.08. The van der Waals surface area contributed by atoms with E-state index >= 15 is 0 Å². The summed E-state index contributed by atoms with van der Waals surface area (Å²) in [4.78, 5) is 8.90. The molecule has 27 heavy (non-hydrogen) atoms. The van der Waals surface area contributed by atoms with Gasteiger partial charge in [0, 0.05) is 31.5 Å². The normalized spacial score (nSPS) is 13.9. The van der Waals surface area contributed by atoms with E-state index in [2.05, 4.69) is 11.4 Å². The Morgan fingerprint density at radius 2 is 1.74 bits per heavy atom. The van der Waals surface area contributed by atoms with Crippen molar-refractivity contribution >= 4 is 23.3 Å². The second-order valence-electron chi connectivity index (χ2n) is 4.38. The van der Waals surface area contributed by atoms with Gasteiger partial charge in [-0.3, -0.25) is 4.39 Å². The first kappa shape index (κ1) is 27.6. The van der Waals surface area contributed by atoms with Crippen molar-refractivity contribution in [3.63, 3.8) is 0 Å². The Kier molecular flexibility index (Phi) is 10.9. The van der Waals surface area contributed by atoms with Crippen LogP contribution in [0.15, 0.2) is 34.9 Å². The van der Waals surface area contributed by atoms with E-state index in [4.69, 9.17) is 21.5 Å². The number of hydrogen-bond donors (Lipinski definition) is 1. The van der Waals surface area contributed by atoms with Crippen molar-refractivity contribution in [2.75, 3.05) is 6.54 Å². The van der Waals surface area contributed by atoms with Crippen molar-refractivity contribution in [2.24, 2.45) is 0 Å². The van der Waals surface area contributed by atoms with Crippen molar-refractivity contribution in [3.05, 3.63) is 57.6 Å². The number of nitrogens with zero attached hydrogens (tertiary/aromatic N) is 1. The third-order valence-electron chi connectivity index (χ3n) is 2.58. The van der Waals surface area contributed by atoms with Crippen LogP contribution in [-0.2, 0) is 24.9 Å². The van der Waals surface area contributed by atoms with Crippen LogP contribution < -0.4 is 0 Å². The fraction of sp³-hybridized carbons (Fsp3) is 0.214. The zero-order valence-electron chi connectivity index (χ0n) is 12.7. The molecule has 0 saturated heterocycles. The molecule has 0 spiro atoms. The number of halogens is 8. The number of rotatable bonds is 1. The Labute approximate surface area is 166 Å². The van der Waals surface area contributed by atoms with Crippen LogP contribution in [0.3, 0.4) is 0 Å². The summed E-state index contributed by atoms with van der Waals surface area (Å²) in [7, 11) is 0. The minimum Gasteiger partial charge on any atom is -0.723 e. The molecule has 1 radical (unpaired) electrons. The molecule has 0 saturated carbocycles. The first-order valence-corrected chi connectivity index (χ1v) is 6.53. The topological polar surface area (TPSA) is 82.9 Å². The van der Waals surface area contributed by atoms with Gasteiger partial charge in [-0.1, -0.05) is 11.6 Å². The maximum Gasteiger partial charge on any atom is 0.490 e. The number of carboxylic acid groups (broad SMARTS) is 1. The van der Waals surface area contributed by atoms with Crippen LogP contribution in [0.5, 0.6) is 0 Å². The fourth-order valence-corrected chi connectivity index (χ4v) is 1.76. The van der Waals surface area contributed by atoms with Gasteiger partial charge in [-0.05, 0) is 11.1 Å². The van der Waals surface area contributed by atoms with Crippen LogP contribution in [0, 0.1) is 11.9 Å². The van der Waals surface area contributed by atoms with Crippen molar-refractivity contribution in [1.29, 1.82) is 0 Å². The van der Waals surface area contributed by atoms with Gasteiger partial charge in [0.25, 0.3) is 0 Å². The van der Waals surface area contributed by atoms with Gasteiger partial charge < -0.3 is 15.9 Å². The molecule has 3 N–H and O–H groups in total. The maximum atomic E-state index is 13.5. The molecule has 4 nitrogen and oxygen atoms in total. The average molecular weight is 600 g/mol. The standard InChI is InChI=1S/C12H6ClF4N.C2HF3O2.Ir.H2O/c13-9-5-7(12(15,16)17)6-18-11(9)8-3-1-2-4-10(8)14;3-2(4,5)1(6)7;;/h1-2,4-5H,6H2;(H,6,7);;1H2/q-2;;;. The van der Waals surface area contributed by atoms with E-state index in [0.29, 0.717) is 0 Å². The van der Waals surface area contributed by atoms with Crippen LogP contribution in [0.2, 0.25) is 0 Å². The number of carbonyl (C=O) groups is 1. The third-order valence-corrected chi connectivity index (χ3v) is 2.87. The number of hydrogen-bond acceptors (Lipinski definition) is 1. The summed E-state index contributed by atoms with van der Waals surface area (Å²) in [5, 5.41) is 10.6. The molecule has 1 aliphatic rings. The Balaban J connectivity index is 0. The molecule has 155 valence electrons. The Hall–Kier alpha value is -1.62. The average Bonchev–Trinajstić information content (AvgIpc) is 2.47. The van der Waals surface area contributed by atoms with Gasteiger partial charge in [0.2, 0.25) is 0 Å². The van der Waals surface area contributed by atoms with E-state index in [9.17, 15) is 30.7 Å². The molecule has 0 fully saturated rings. The summed E-state index contributed by atoms with van der Waals surface area (Å²) in [5.74, 6) is -3.38. The van der Waals surface area contributed by atoms with Gasteiger partial charge in [-0.25, -0.2) is 10.5 Å². The molecule has 0 atom stereocenters. The van der Waals surface area contributed by atoms with Gasteiger partial charge >= 0.3 is 18.3 Å². The molecule has 1 aliphatic heterocycles. The van der Waals surface area contributed by atoms with E-state index in [1.165, 1.54) is 18.2 Å². The monoisotopic (exact) mass is 600 g/mol. The molecule has 0 amide bonds. The second-order valence-corrected chi connectivity index (χ2v) is 4.78. The molecule has 1 aromatic carbocycles. The summed E-state index contributed by atoms with van der Waals surface area (Å²) in [6.45, 7) is -0.572. The van der Waals surface area contributed by atoms with Gasteiger partial charge in [0.05, 0.1) is 0 Å². The molecular weight excluding hydrogens is 591 g/mol. The van der Waals surface area contributed by atoms with Crippen molar-refractivity contribution < 1.29 is 66.2 Å². The van der Waals surface area contributed by atoms with Gasteiger partial charge in [-0.2, -0.15) is 26.3 Å². The zero-order valence-corrected chi connectivity index (χ0v) is 15.8. The molecule has 13 heteroatoms. The number of allylic oxidation sites excluding steroid dienone is 2. The fourth-order valence-electron chi connectivity index (χ4n) is 1.47.